The molecule has 1 heterocycles. The van der Waals surface area contributed by atoms with Crippen LogP contribution in [0.1, 0.15) is 24.8 Å². The molecule has 0 radical (unpaired) electrons. The number of benzene rings is 1. The lowest BCUT2D eigenvalue weighted by atomic mass is 10.1. The first kappa shape index (κ1) is 13.7. The molecule has 1 fully saturated rings. The molecular formula is C17H24N2O. The number of nitrogens with zero attached hydrogens (tertiary/aromatic N) is 1. The normalized spacial score (nSPS) is 15.1. The third kappa shape index (κ3) is 3.22. The Kier molecular flexibility index (Phi) is 4.38. The molecule has 3 rings (SSSR count). The smallest absolute Gasteiger partial charge is 0.0641 e. The van der Waals surface area contributed by atoms with Gasteiger partial charge in [0.05, 0.1) is 6.61 Å². The Hall–Kier alpha value is -1.32. The maximum absolute atomic E-state index is 5.20. The predicted molar refractivity (Wildman–Crippen MR) is 83.2 cm³/mol. The summed E-state index contributed by atoms with van der Waals surface area (Å²) in [5.41, 5.74) is 2.80. The van der Waals surface area contributed by atoms with Gasteiger partial charge < -0.3 is 14.6 Å². The van der Waals surface area contributed by atoms with Crippen molar-refractivity contribution in [3.8, 4) is 0 Å². The fourth-order valence-electron chi connectivity index (χ4n) is 2.77. The molecule has 1 aliphatic rings. The maximum atomic E-state index is 5.20. The van der Waals surface area contributed by atoms with Crippen LogP contribution in [0.5, 0.6) is 0 Å². The SMILES string of the molecule is COCCn1cc(CCCNC2CC2)c2ccccc21. The minimum atomic E-state index is 0.765. The van der Waals surface area contributed by atoms with E-state index in [0.717, 1.165) is 32.2 Å². The summed E-state index contributed by atoms with van der Waals surface area (Å²) in [4.78, 5) is 0. The van der Waals surface area contributed by atoms with Crippen molar-refractivity contribution in [3.63, 3.8) is 0 Å². The first-order valence-electron chi connectivity index (χ1n) is 7.67. The van der Waals surface area contributed by atoms with Crippen molar-refractivity contribution in [2.24, 2.45) is 0 Å². The zero-order valence-electron chi connectivity index (χ0n) is 12.3. The van der Waals surface area contributed by atoms with Gasteiger partial charge in [0.25, 0.3) is 0 Å². The second kappa shape index (κ2) is 6.42. The lowest BCUT2D eigenvalue weighted by Gasteiger charge is -2.03. The Labute approximate surface area is 120 Å². The van der Waals surface area contributed by atoms with Crippen LogP contribution >= 0.6 is 0 Å². The van der Waals surface area contributed by atoms with Crippen LogP contribution in [-0.2, 0) is 17.7 Å². The number of hydrogen-bond acceptors (Lipinski definition) is 2. The van der Waals surface area contributed by atoms with Crippen LogP contribution in [-0.4, -0.2) is 30.9 Å². The molecular weight excluding hydrogens is 248 g/mol. The van der Waals surface area contributed by atoms with Crippen LogP contribution in [0.2, 0.25) is 0 Å². The van der Waals surface area contributed by atoms with E-state index in [0.29, 0.717) is 0 Å². The van der Waals surface area contributed by atoms with Gasteiger partial charge in [0.2, 0.25) is 0 Å². The Morgan fingerprint density at radius 1 is 1.30 bits per heavy atom. The van der Waals surface area contributed by atoms with E-state index in [1.54, 1.807) is 7.11 Å². The van der Waals surface area contributed by atoms with E-state index < -0.39 is 0 Å². The number of methoxy groups -OCH3 is 1. The van der Waals surface area contributed by atoms with E-state index in [9.17, 15) is 0 Å². The summed E-state index contributed by atoms with van der Waals surface area (Å²) in [6.45, 7) is 2.83. The molecule has 0 amide bonds. The molecule has 0 saturated heterocycles. The van der Waals surface area contributed by atoms with E-state index in [2.05, 4.69) is 40.3 Å². The number of para-hydroxylation sites is 1. The van der Waals surface area contributed by atoms with Crippen LogP contribution in [0.15, 0.2) is 30.5 Å². The quantitative estimate of drug-likeness (QED) is 0.748. The summed E-state index contributed by atoms with van der Waals surface area (Å²) in [5.74, 6) is 0. The highest BCUT2D eigenvalue weighted by Crippen LogP contribution is 2.23. The minimum absolute atomic E-state index is 0.765. The van der Waals surface area contributed by atoms with Crippen LogP contribution < -0.4 is 5.32 Å². The molecule has 0 aliphatic heterocycles. The van der Waals surface area contributed by atoms with Crippen LogP contribution in [0, 0.1) is 0 Å². The number of ether oxygens (including phenoxy) is 1. The molecule has 1 aromatic heterocycles. The summed E-state index contributed by atoms with van der Waals surface area (Å²) >= 11 is 0. The Bertz CT molecular complexity index is 557. The first-order chi connectivity index (χ1) is 9.88. The van der Waals surface area contributed by atoms with Gasteiger partial charge in [-0.05, 0) is 43.9 Å². The van der Waals surface area contributed by atoms with Gasteiger partial charge in [-0.1, -0.05) is 18.2 Å². The molecule has 0 atom stereocenters. The lowest BCUT2D eigenvalue weighted by molar-refractivity contribution is 0.188. The molecule has 3 nitrogen and oxygen atoms in total. The van der Waals surface area contributed by atoms with Crippen LogP contribution in [0.4, 0.5) is 0 Å². The molecule has 3 heteroatoms. The van der Waals surface area contributed by atoms with Gasteiger partial charge in [-0.25, -0.2) is 0 Å². The molecule has 0 unspecified atom stereocenters. The minimum Gasteiger partial charge on any atom is -0.383 e. The molecule has 108 valence electrons. The van der Waals surface area contributed by atoms with E-state index in [1.807, 2.05) is 0 Å². The molecule has 2 aromatic rings. The largest absolute Gasteiger partial charge is 0.383 e. The van der Waals surface area contributed by atoms with Gasteiger partial charge in [-0.2, -0.15) is 0 Å². The standard InChI is InChI=1S/C17H24N2O/c1-20-12-11-19-13-14(5-4-10-18-15-8-9-15)16-6-2-3-7-17(16)19/h2-3,6-7,13,15,18H,4-5,8-12H2,1H3. The van der Waals surface area contributed by atoms with Crippen molar-refractivity contribution in [1.82, 2.24) is 9.88 Å². The predicted octanol–water partition coefficient (Wildman–Crippen LogP) is 2.97. The fourth-order valence-corrected chi connectivity index (χ4v) is 2.77. The van der Waals surface area contributed by atoms with Crippen molar-refractivity contribution in [3.05, 3.63) is 36.0 Å². The van der Waals surface area contributed by atoms with Crippen molar-refractivity contribution in [2.45, 2.75) is 38.3 Å². The molecule has 0 spiro atoms. The zero-order valence-corrected chi connectivity index (χ0v) is 12.3. The second-order valence-electron chi connectivity index (χ2n) is 5.69. The monoisotopic (exact) mass is 272 g/mol. The third-order valence-corrected chi connectivity index (χ3v) is 4.04. The van der Waals surface area contributed by atoms with Gasteiger partial charge >= 0.3 is 0 Å². The summed E-state index contributed by atoms with van der Waals surface area (Å²) < 4.78 is 7.53. The fraction of sp³-hybridized carbons (Fsp3) is 0.529. The number of nitrogens with one attached hydrogen (secondary N) is 1. The van der Waals surface area contributed by atoms with Crippen molar-refractivity contribution in [1.29, 1.82) is 0 Å². The van der Waals surface area contributed by atoms with E-state index in [-0.39, 0.29) is 0 Å². The molecule has 0 bridgehead atoms. The highest BCUT2D eigenvalue weighted by molar-refractivity contribution is 5.83. The van der Waals surface area contributed by atoms with Crippen molar-refractivity contribution in [2.75, 3.05) is 20.3 Å². The third-order valence-electron chi connectivity index (χ3n) is 4.04. The highest BCUT2D eigenvalue weighted by Gasteiger charge is 2.19. The average molecular weight is 272 g/mol. The molecule has 1 aromatic carbocycles. The Morgan fingerprint density at radius 3 is 2.95 bits per heavy atom. The van der Waals surface area contributed by atoms with Crippen molar-refractivity contribution < 1.29 is 4.74 Å². The summed E-state index contributed by atoms with van der Waals surface area (Å²) in [5, 5.41) is 4.99. The average Bonchev–Trinajstić information content (AvgIpc) is 3.24. The van der Waals surface area contributed by atoms with E-state index in [4.69, 9.17) is 4.74 Å². The van der Waals surface area contributed by atoms with E-state index >= 15 is 0 Å². The van der Waals surface area contributed by atoms with Crippen molar-refractivity contribution >= 4 is 10.9 Å². The number of aryl methyl sites for hydroxylation is 1. The molecule has 1 N–H and O–H groups in total. The summed E-state index contributed by atoms with van der Waals surface area (Å²) in [7, 11) is 1.76. The topological polar surface area (TPSA) is 26.2 Å². The van der Waals surface area contributed by atoms with Gasteiger partial charge in [0.15, 0.2) is 0 Å². The number of hydrogen-bond donors (Lipinski definition) is 1. The van der Waals surface area contributed by atoms with Gasteiger partial charge in [-0.15, -0.1) is 0 Å². The summed E-state index contributed by atoms with van der Waals surface area (Å²) in [6.07, 6.45) is 7.42. The van der Waals surface area contributed by atoms with Crippen LogP contribution in [0.3, 0.4) is 0 Å². The maximum Gasteiger partial charge on any atom is 0.0641 e. The van der Waals surface area contributed by atoms with Gasteiger partial charge in [0.1, 0.15) is 0 Å². The number of aromatic nitrogens is 1. The molecule has 1 aliphatic carbocycles. The lowest BCUT2D eigenvalue weighted by Crippen LogP contribution is -2.17. The van der Waals surface area contributed by atoms with Crippen LogP contribution in [0.25, 0.3) is 10.9 Å². The zero-order chi connectivity index (χ0) is 13.8. The van der Waals surface area contributed by atoms with Gasteiger partial charge in [0, 0.05) is 36.8 Å². The number of fused-ring (bicyclic) bond motifs is 1. The molecule has 20 heavy (non-hydrogen) atoms. The van der Waals surface area contributed by atoms with E-state index in [1.165, 1.54) is 35.7 Å². The Morgan fingerprint density at radius 2 is 2.15 bits per heavy atom. The second-order valence-corrected chi connectivity index (χ2v) is 5.69. The Balaban J connectivity index is 1.68. The first-order valence-corrected chi connectivity index (χ1v) is 7.67. The summed E-state index contributed by atoms with van der Waals surface area (Å²) in [6, 6.07) is 9.51. The number of rotatable bonds is 8. The van der Waals surface area contributed by atoms with Gasteiger partial charge in [-0.3, -0.25) is 0 Å². The molecule has 1 saturated carbocycles. The highest BCUT2D eigenvalue weighted by atomic mass is 16.5.